The molecule has 0 spiro atoms. The van der Waals surface area contributed by atoms with Gasteiger partial charge in [-0.1, -0.05) is 263 Å². The molecular formula is C120H174Cl7N9O11. The zero-order valence-corrected chi connectivity index (χ0v) is 96.5. The molecule has 0 bridgehead atoms. The fourth-order valence-electron chi connectivity index (χ4n) is 19.4. The number of benzene rings is 7. The quantitative estimate of drug-likeness (QED) is 0.0281. The number of aliphatic hydroxyl groups is 2. The molecule has 0 radical (unpaired) electrons. The topological polar surface area (TPSA) is 253 Å². The summed E-state index contributed by atoms with van der Waals surface area (Å²) in [6, 6.07) is 54.6. The first-order valence-electron chi connectivity index (χ1n) is 53.7. The molecule has 0 aromatic heterocycles. The fraction of sp³-hybridized carbons (Fsp3) is 0.592. The lowest BCUT2D eigenvalue weighted by molar-refractivity contribution is -0.124. The summed E-state index contributed by atoms with van der Waals surface area (Å²) in [5.41, 5.74) is 19.3. The lowest BCUT2D eigenvalue weighted by Gasteiger charge is -2.33. The summed E-state index contributed by atoms with van der Waals surface area (Å²) in [7, 11) is 5.61. The molecule has 0 amide bonds. The Hall–Kier alpha value is -6.26. The van der Waals surface area contributed by atoms with E-state index in [1.54, 1.807) is 14.2 Å². The maximum atomic E-state index is 12.6. The van der Waals surface area contributed by atoms with Crippen molar-refractivity contribution < 1.29 is 53.2 Å². The number of rotatable bonds is 38. The van der Waals surface area contributed by atoms with Crippen molar-refractivity contribution in [3.8, 4) is 0 Å². The van der Waals surface area contributed by atoms with Crippen molar-refractivity contribution in [2.24, 2.45) is 52.9 Å². The predicted octanol–water partition coefficient (Wildman–Crippen LogP) is 23.9. The number of ether oxygens (including phenoxy) is 2. The van der Waals surface area contributed by atoms with Crippen molar-refractivity contribution >= 4 is 122 Å². The van der Waals surface area contributed by atoms with E-state index >= 15 is 0 Å². The van der Waals surface area contributed by atoms with E-state index in [0.717, 1.165) is 240 Å². The number of hydrogen-bond acceptors (Lipinski definition) is 20. The van der Waals surface area contributed by atoms with Crippen LogP contribution in [0.4, 0.5) is 0 Å². The summed E-state index contributed by atoms with van der Waals surface area (Å²) < 4.78 is 10.8. The average molecular weight is 2170 g/mol. The highest BCUT2D eigenvalue weighted by atomic mass is 35.5. The smallest absolute Gasteiger partial charge is 0.144 e. The number of Topliss-reactive ketones (excluding diaryl/α,β-unsaturated/α-hetero) is 7. The van der Waals surface area contributed by atoms with Crippen molar-refractivity contribution in [3.63, 3.8) is 0 Å². The maximum Gasteiger partial charge on any atom is 0.144 e. The van der Waals surface area contributed by atoms with Crippen LogP contribution < -0.4 is 11.5 Å². The first-order chi connectivity index (χ1) is 69.7. The molecule has 814 valence electrons. The third kappa shape index (κ3) is 44.6. The maximum absolute atomic E-state index is 12.6. The monoisotopic (exact) mass is 2160 g/mol. The van der Waals surface area contributed by atoms with Crippen molar-refractivity contribution in [2.75, 3.05) is 146 Å². The number of nitrogens with two attached hydrogens (primary N) is 2. The van der Waals surface area contributed by atoms with Crippen LogP contribution in [0.1, 0.15) is 268 Å². The van der Waals surface area contributed by atoms with Gasteiger partial charge in [-0.05, 0) is 248 Å². The van der Waals surface area contributed by atoms with Crippen LogP contribution in [0.5, 0.6) is 0 Å². The summed E-state index contributed by atoms with van der Waals surface area (Å²) in [4.78, 5) is 104. The Labute approximate surface area is 916 Å². The van der Waals surface area contributed by atoms with Gasteiger partial charge in [-0.15, -0.1) is 0 Å². The molecule has 7 aromatic rings. The Balaban J connectivity index is 0.000000232. The zero-order valence-electron chi connectivity index (χ0n) is 91.2. The Morgan fingerprint density at radius 3 is 0.558 bits per heavy atom. The van der Waals surface area contributed by atoms with Gasteiger partial charge in [0.05, 0.1) is 65.8 Å². The standard InChI is InChI=1S/2C18H26ClNO2.2C17H25ClN2O.2C17H24ClNO2.C16H24ClNO/c2*1-13(2)18(21)17(14-4-6-15(19)7-5-14)12-20-10-8-16(22-3)9-11-20;2*1-12(2)17(21)16(13-3-5-14(18)6-4-13)11-20-9-7-15(19)8-10-20;2*1-12(2)17(21)16(13-3-5-14(18)6-4-13)11-19-9-7-15(20)8-10-19;1-11(2)16(19)15(10-18(5)12(3)4)13-6-8-14(17)9-7-13/h2*4-7,13,16-17H,8-12H2,1-3H3;2*3-6,12,15-16H,7-11,19H2,1-2H3;2*3-6,12,15-16,20H,7-11H2,1-2H3;6-9,11-12,15H,10H2,1-5H3/t2*17-;4*16-;15-/m1010101/s1. The minimum atomic E-state index is -0.184. The zero-order chi connectivity index (χ0) is 108. The lowest BCUT2D eigenvalue weighted by Crippen LogP contribution is -2.42. The largest absolute Gasteiger partial charge is 0.393 e. The highest BCUT2D eigenvalue weighted by molar-refractivity contribution is 6.32. The Morgan fingerprint density at radius 1 is 0.265 bits per heavy atom. The van der Waals surface area contributed by atoms with E-state index in [9.17, 15) is 43.8 Å². The van der Waals surface area contributed by atoms with Crippen LogP contribution in [-0.4, -0.2) is 273 Å². The van der Waals surface area contributed by atoms with Crippen molar-refractivity contribution in [1.82, 2.24) is 34.3 Å². The van der Waals surface area contributed by atoms with Gasteiger partial charge in [0.25, 0.3) is 0 Å². The van der Waals surface area contributed by atoms with Crippen LogP contribution in [0.2, 0.25) is 35.2 Å². The number of carbonyl (C=O) groups excluding carboxylic acids is 7. The van der Waals surface area contributed by atoms with E-state index in [1.165, 1.54) is 0 Å². The van der Waals surface area contributed by atoms with Crippen LogP contribution in [0.15, 0.2) is 170 Å². The number of likely N-dealkylation sites (tertiary alicyclic amines) is 6. The number of nitrogens with zero attached hydrogens (tertiary/aromatic N) is 7. The first-order valence-corrected chi connectivity index (χ1v) is 56.4. The van der Waals surface area contributed by atoms with Crippen LogP contribution in [-0.2, 0) is 43.0 Å². The third-order valence-corrected chi connectivity index (χ3v) is 31.2. The molecule has 0 saturated carbocycles. The molecule has 0 unspecified atom stereocenters. The van der Waals surface area contributed by atoms with Gasteiger partial charge in [-0.2, -0.15) is 0 Å². The second kappa shape index (κ2) is 66.1. The molecule has 147 heavy (non-hydrogen) atoms. The normalized spacial score (nSPS) is 18.1. The third-order valence-electron chi connectivity index (χ3n) is 29.4. The molecule has 6 saturated heterocycles. The molecule has 6 N–H and O–H groups in total. The van der Waals surface area contributed by atoms with Gasteiger partial charge < -0.3 is 65.5 Å². The minimum Gasteiger partial charge on any atom is -0.393 e. The van der Waals surface area contributed by atoms with Gasteiger partial charge in [-0.25, -0.2) is 0 Å². The van der Waals surface area contributed by atoms with Gasteiger partial charge in [-0.3, -0.25) is 33.6 Å². The highest BCUT2D eigenvalue weighted by Crippen LogP contribution is 2.35. The molecule has 6 fully saturated rings. The van der Waals surface area contributed by atoms with E-state index in [2.05, 4.69) is 55.2 Å². The molecule has 13 rings (SSSR count). The molecule has 6 heterocycles. The predicted molar refractivity (Wildman–Crippen MR) is 610 cm³/mol. The van der Waals surface area contributed by atoms with Crippen LogP contribution in [0, 0.1) is 41.4 Å². The number of carbonyl (C=O) groups is 7. The number of ketones is 7. The highest BCUT2D eigenvalue weighted by Gasteiger charge is 2.36. The molecule has 7 atom stereocenters. The number of hydrogen-bond donors (Lipinski definition) is 4. The molecule has 6 aliphatic heterocycles. The summed E-state index contributed by atoms with van der Waals surface area (Å²) in [5.74, 6) is 1.65. The van der Waals surface area contributed by atoms with Crippen molar-refractivity contribution in [3.05, 3.63) is 244 Å². The van der Waals surface area contributed by atoms with Crippen LogP contribution in [0.25, 0.3) is 0 Å². The second-order valence-corrected chi connectivity index (χ2v) is 46.5. The average Bonchev–Trinajstić information content (AvgIpc) is 0.787. The lowest BCUT2D eigenvalue weighted by atomic mass is 9.88. The summed E-state index contributed by atoms with van der Waals surface area (Å²) in [6.07, 6.45) is 11.8. The number of piperidine rings is 6. The first kappa shape index (κ1) is 128. The van der Waals surface area contributed by atoms with Gasteiger partial charge >= 0.3 is 0 Å². The van der Waals surface area contributed by atoms with Crippen molar-refractivity contribution in [2.45, 2.75) is 272 Å². The van der Waals surface area contributed by atoms with Crippen LogP contribution >= 0.6 is 81.2 Å². The second-order valence-electron chi connectivity index (χ2n) is 43.5. The molecule has 7 aromatic carbocycles. The van der Waals surface area contributed by atoms with E-state index < -0.39 is 0 Å². The number of aliphatic hydroxyl groups excluding tert-OH is 2. The SMILES string of the molecule is CC(C)C(=O)[C@@H](CN1CCC(N)CC1)c1ccc(Cl)cc1.CC(C)C(=O)[C@@H](CN1CCC(O)CC1)c1ccc(Cl)cc1.CC(C)C(=O)[C@H](CN(C)C(C)C)c1ccc(Cl)cc1.CC(C)C(=O)[C@H](CN1CCC(N)CC1)c1ccc(Cl)cc1.CC(C)C(=O)[C@H](CN1CCC(O)CC1)c1ccc(Cl)cc1.COC1CCN(C[C@@H](C(=O)C(C)C)c2ccc(Cl)cc2)CC1.COC1CCN(C[C@H](C(=O)C(C)C)c2ccc(Cl)cc2)CC1. The fourth-order valence-corrected chi connectivity index (χ4v) is 20.3. The van der Waals surface area contributed by atoms with Gasteiger partial charge in [0.2, 0.25) is 0 Å². The van der Waals surface area contributed by atoms with E-state index in [1.807, 2.05) is 267 Å². The molecule has 6 aliphatic rings. The van der Waals surface area contributed by atoms with Crippen LogP contribution in [0.3, 0.4) is 0 Å². The Kier molecular flexibility index (Phi) is 57.4. The summed E-state index contributed by atoms with van der Waals surface area (Å²) >= 11 is 41.7. The Bertz CT molecular complexity index is 4520. The number of likely N-dealkylation sites (N-methyl/N-ethyl adjacent to an activating group) is 1. The number of methoxy groups -OCH3 is 2. The molecule has 20 nitrogen and oxygen atoms in total. The van der Waals surface area contributed by atoms with Gasteiger partial charge in [0.15, 0.2) is 0 Å². The van der Waals surface area contributed by atoms with E-state index in [4.69, 9.17) is 102 Å². The molecular weight excluding hydrogens is 1990 g/mol. The molecule has 0 aliphatic carbocycles. The van der Waals surface area contributed by atoms with E-state index in [-0.39, 0.29) is 112 Å². The minimum absolute atomic E-state index is 0.0149. The van der Waals surface area contributed by atoms with E-state index in [0.29, 0.717) is 88.6 Å². The summed E-state index contributed by atoms with van der Waals surface area (Å²) in [5, 5.41) is 24.1. The summed E-state index contributed by atoms with van der Waals surface area (Å²) in [6.45, 7) is 48.4. The molecule has 27 heteroatoms. The Morgan fingerprint density at radius 2 is 0.408 bits per heavy atom. The van der Waals surface area contributed by atoms with Gasteiger partial charge in [0, 0.05) is 207 Å². The number of halogens is 7. The van der Waals surface area contributed by atoms with Crippen molar-refractivity contribution in [1.29, 1.82) is 0 Å². The van der Waals surface area contributed by atoms with Gasteiger partial charge in [0.1, 0.15) is 40.5 Å².